The number of methoxy groups -OCH3 is 1. The minimum absolute atomic E-state index is 0.0535. The van der Waals surface area contributed by atoms with Crippen molar-refractivity contribution in [2.45, 2.75) is 70.9 Å². The van der Waals surface area contributed by atoms with E-state index in [1.807, 2.05) is 77.9 Å². The van der Waals surface area contributed by atoms with Crippen LogP contribution in [0.2, 0.25) is 0 Å². The summed E-state index contributed by atoms with van der Waals surface area (Å²) in [5.41, 5.74) is 2.47. The van der Waals surface area contributed by atoms with Crippen LogP contribution in [0.15, 0.2) is 77.7 Å². The molecule has 1 N–H and O–H groups in total. The topological polar surface area (TPSA) is 96.0 Å². The first kappa shape index (κ1) is 32.7. The molecule has 0 saturated heterocycles. The highest BCUT2D eigenvalue weighted by atomic mass is 32.2. The molecule has 42 heavy (non-hydrogen) atoms. The number of sulfonamides is 1. The van der Waals surface area contributed by atoms with E-state index in [4.69, 9.17) is 4.74 Å². The van der Waals surface area contributed by atoms with Crippen molar-refractivity contribution in [3.05, 3.63) is 89.5 Å². The van der Waals surface area contributed by atoms with E-state index in [0.717, 1.165) is 21.0 Å². The minimum Gasteiger partial charge on any atom is -0.495 e. The van der Waals surface area contributed by atoms with E-state index in [9.17, 15) is 18.0 Å². The van der Waals surface area contributed by atoms with Crippen LogP contribution in [0.25, 0.3) is 0 Å². The minimum atomic E-state index is -4.19. The molecule has 0 aliphatic carbocycles. The van der Waals surface area contributed by atoms with Gasteiger partial charge in [-0.2, -0.15) is 0 Å². The summed E-state index contributed by atoms with van der Waals surface area (Å²) in [5.74, 6) is -0.453. The average molecular weight is 594 g/mol. The van der Waals surface area contributed by atoms with Crippen LogP contribution in [0.3, 0.4) is 0 Å². The molecule has 9 heteroatoms. The molecule has 0 aliphatic heterocycles. The Morgan fingerprint density at radius 3 is 2.12 bits per heavy atom. The van der Waals surface area contributed by atoms with Gasteiger partial charge < -0.3 is 15.0 Å². The molecule has 226 valence electrons. The average Bonchev–Trinajstić information content (AvgIpc) is 2.93. The number of rotatable bonds is 12. The Labute approximate surface area is 250 Å². The third kappa shape index (κ3) is 8.35. The smallest absolute Gasteiger partial charge is 0.264 e. The first-order chi connectivity index (χ1) is 19.8. The molecule has 8 nitrogen and oxygen atoms in total. The Morgan fingerprint density at radius 2 is 1.55 bits per heavy atom. The first-order valence-electron chi connectivity index (χ1n) is 14.2. The monoisotopic (exact) mass is 593 g/mol. The molecule has 0 aromatic heterocycles. The number of aryl methyl sites for hydroxylation is 2. The summed E-state index contributed by atoms with van der Waals surface area (Å²) in [7, 11) is -2.73. The second-order valence-electron chi connectivity index (χ2n) is 11.5. The molecule has 0 radical (unpaired) electrons. The van der Waals surface area contributed by atoms with Gasteiger partial charge in [-0.1, -0.05) is 61.0 Å². The highest BCUT2D eigenvalue weighted by Gasteiger charge is 2.35. The zero-order valence-electron chi connectivity index (χ0n) is 25.7. The van der Waals surface area contributed by atoms with E-state index in [0.29, 0.717) is 18.6 Å². The molecule has 3 aromatic rings. The Kier molecular flexibility index (Phi) is 10.8. The highest BCUT2D eigenvalue weighted by molar-refractivity contribution is 7.92. The van der Waals surface area contributed by atoms with Gasteiger partial charge in [0.2, 0.25) is 11.8 Å². The van der Waals surface area contributed by atoms with Crippen molar-refractivity contribution < 1.29 is 22.7 Å². The molecule has 0 aliphatic rings. The van der Waals surface area contributed by atoms with Gasteiger partial charge in [-0.15, -0.1) is 0 Å². The van der Waals surface area contributed by atoms with Crippen molar-refractivity contribution in [3.8, 4) is 5.75 Å². The fourth-order valence-electron chi connectivity index (χ4n) is 4.69. The summed E-state index contributed by atoms with van der Waals surface area (Å²) >= 11 is 0. The van der Waals surface area contributed by atoms with Crippen LogP contribution in [0.5, 0.6) is 5.75 Å². The molecule has 0 heterocycles. The maximum atomic E-state index is 14.2. The zero-order valence-corrected chi connectivity index (χ0v) is 26.5. The summed E-state index contributed by atoms with van der Waals surface area (Å²) in [5, 5.41) is 2.99. The third-order valence-electron chi connectivity index (χ3n) is 6.86. The van der Waals surface area contributed by atoms with Crippen LogP contribution in [0.4, 0.5) is 5.69 Å². The van der Waals surface area contributed by atoms with Crippen LogP contribution in [-0.2, 0) is 26.0 Å². The Morgan fingerprint density at radius 1 is 0.929 bits per heavy atom. The Hall–Kier alpha value is -3.85. The normalized spacial score (nSPS) is 12.4. The molecule has 0 bridgehead atoms. The summed E-state index contributed by atoms with van der Waals surface area (Å²) in [6.07, 6.45) is 0.866. The van der Waals surface area contributed by atoms with Gasteiger partial charge in [0.05, 0.1) is 17.7 Å². The number of ether oxygens (including phenoxy) is 1. The van der Waals surface area contributed by atoms with Crippen molar-refractivity contribution in [3.63, 3.8) is 0 Å². The van der Waals surface area contributed by atoms with Gasteiger partial charge in [0.1, 0.15) is 18.3 Å². The van der Waals surface area contributed by atoms with Gasteiger partial charge in [-0.25, -0.2) is 8.42 Å². The van der Waals surface area contributed by atoms with Crippen LogP contribution in [0, 0.1) is 13.8 Å². The van der Waals surface area contributed by atoms with Crippen LogP contribution >= 0.6 is 0 Å². The highest BCUT2D eigenvalue weighted by Crippen LogP contribution is 2.34. The van der Waals surface area contributed by atoms with Crippen LogP contribution in [-0.4, -0.2) is 56.9 Å². The van der Waals surface area contributed by atoms with E-state index < -0.39 is 34.1 Å². The quantitative estimate of drug-likeness (QED) is 0.309. The predicted molar refractivity (Wildman–Crippen MR) is 167 cm³/mol. The fraction of sp³-hybridized carbons (Fsp3) is 0.394. The first-order valence-corrected chi connectivity index (χ1v) is 15.6. The van der Waals surface area contributed by atoms with Crippen molar-refractivity contribution in [2.24, 2.45) is 0 Å². The molecule has 0 spiro atoms. The summed E-state index contributed by atoms with van der Waals surface area (Å²) in [6.45, 7) is 10.9. The predicted octanol–water partition coefficient (Wildman–Crippen LogP) is 5.27. The van der Waals surface area contributed by atoms with Gasteiger partial charge in [0.15, 0.2) is 0 Å². The molecular formula is C33H43N3O5S. The van der Waals surface area contributed by atoms with Crippen LogP contribution in [0.1, 0.15) is 50.8 Å². The van der Waals surface area contributed by atoms with Crippen molar-refractivity contribution in [1.82, 2.24) is 10.2 Å². The number of hydrogen-bond donors (Lipinski definition) is 1. The standard InChI is InChI=1S/C33H43N3O5S/c1-8-28(32(38)34-33(4,5)6)35(21-20-26-12-10-9-11-13-26)31(37)23-36(29-22-25(3)16-19-30(29)41-7)42(39,40)27-17-14-24(2)15-18-27/h9-19,22,28H,8,20-21,23H2,1-7H3,(H,34,38)/t28-/m1/s1. The lowest BCUT2D eigenvalue weighted by atomic mass is 10.1. The number of nitrogens with one attached hydrogen (secondary N) is 1. The van der Waals surface area contributed by atoms with E-state index in [2.05, 4.69) is 5.32 Å². The number of carbonyl (C=O) groups excluding carboxylic acids is 2. The van der Waals surface area contributed by atoms with E-state index in [1.54, 1.807) is 24.3 Å². The SMILES string of the molecule is CC[C@H](C(=O)NC(C)(C)C)N(CCc1ccccc1)C(=O)CN(c1cc(C)ccc1OC)S(=O)(=O)c1ccc(C)cc1. The lowest BCUT2D eigenvalue weighted by molar-refractivity contribution is -0.140. The summed E-state index contributed by atoms with van der Waals surface area (Å²) in [4.78, 5) is 29.2. The number of amides is 2. The van der Waals surface area contributed by atoms with Gasteiger partial charge in [0, 0.05) is 12.1 Å². The van der Waals surface area contributed by atoms with Gasteiger partial charge >= 0.3 is 0 Å². The van der Waals surface area contributed by atoms with Crippen molar-refractivity contribution >= 4 is 27.5 Å². The molecule has 2 amide bonds. The lowest BCUT2D eigenvalue weighted by Gasteiger charge is -2.35. The van der Waals surface area contributed by atoms with Gasteiger partial charge in [-0.05, 0) is 82.9 Å². The second kappa shape index (κ2) is 13.9. The van der Waals surface area contributed by atoms with Gasteiger partial charge in [-0.3, -0.25) is 13.9 Å². The third-order valence-corrected chi connectivity index (χ3v) is 8.63. The van der Waals surface area contributed by atoms with E-state index in [1.165, 1.54) is 24.1 Å². The number of hydrogen-bond acceptors (Lipinski definition) is 5. The number of carbonyl (C=O) groups is 2. The zero-order chi connectivity index (χ0) is 31.1. The summed E-state index contributed by atoms with van der Waals surface area (Å²) < 4.78 is 34.9. The lowest BCUT2D eigenvalue weighted by Crippen LogP contribution is -2.56. The summed E-state index contributed by atoms with van der Waals surface area (Å²) in [6, 6.07) is 20.6. The Balaban J connectivity index is 2.09. The van der Waals surface area contributed by atoms with E-state index >= 15 is 0 Å². The number of benzene rings is 3. The maximum Gasteiger partial charge on any atom is 0.264 e. The second-order valence-corrected chi connectivity index (χ2v) is 13.3. The molecule has 3 rings (SSSR count). The molecule has 3 aromatic carbocycles. The fourth-order valence-corrected chi connectivity index (χ4v) is 6.11. The van der Waals surface area contributed by atoms with Crippen molar-refractivity contribution in [1.29, 1.82) is 0 Å². The maximum absolute atomic E-state index is 14.2. The van der Waals surface area contributed by atoms with Crippen LogP contribution < -0.4 is 14.4 Å². The molecule has 0 saturated carbocycles. The molecule has 0 fully saturated rings. The molecular weight excluding hydrogens is 550 g/mol. The number of nitrogens with zero attached hydrogens (tertiary/aromatic N) is 2. The van der Waals surface area contributed by atoms with Gasteiger partial charge in [0.25, 0.3) is 10.0 Å². The Bertz CT molecular complexity index is 1470. The molecule has 0 unspecified atom stereocenters. The van der Waals surface area contributed by atoms with Crippen molar-refractivity contribution in [2.75, 3.05) is 24.5 Å². The number of anilines is 1. The van der Waals surface area contributed by atoms with E-state index in [-0.39, 0.29) is 23.0 Å². The largest absolute Gasteiger partial charge is 0.495 e. The molecule has 1 atom stereocenters.